The van der Waals surface area contributed by atoms with Crippen molar-refractivity contribution < 1.29 is 9.13 Å². The Morgan fingerprint density at radius 1 is 1.50 bits per heavy atom. The van der Waals surface area contributed by atoms with Gasteiger partial charge < -0.3 is 10.1 Å². The minimum absolute atomic E-state index is 0.234. The topological polar surface area (TPSA) is 21.3 Å². The minimum atomic E-state index is -0.234. The molecule has 0 aliphatic carbocycles. The molecular weight excluding hydrogens is 249 g/mol. The first kappa shape index (κ1) is 11.5. The van der Waals surface area contributed by atoms with Gasteiger partial charge in [0.15, 0.2) is 0 Å². The van der Waals surface area contributed by atoms with Gasteiger partial charge in [-0.3, -0.25) is 0 Å². The second-order valence-electron chi connectivity index (χ2n) is 2.90. The summed E-state index contributed by atoms with van der Waals surface area (Å²) < 4.78 is 18.6. The lowest BCUT2D eigenvalue weighted by Gasteiger charge is -2.07. The van der Waals surface area contributed by atoms with E-state index in [2.05, 4.69) is 21.2 Å². The lowest BCUT2D eigenvalue weighted by molar-refractivity contribution is 0.198. The van der Waals surface area contributed by atoms with Crippen LogP contribution in [-0.4, -0.2) is 20.3 Å². The van der Waals surface area contributed by atoms with E-state index in [-0.39, 0.29) is 5.82 Å². The summed E-state index contributed by atoms with van der Waals surface area (Å²) in [6.07, 6.45) is 0.902. The predicted octanol–water partition coefficient (Wildman–Crippen LogP) is 3.04. The summed E-state index contributed by atoms with van der Waals surface area (Å²) in [4.78, 5) is 0. The molecule has 0 bridgehead atoms. The molecule has 1 rings (SSSR count). The van der Waals surface area contributed by atoms with Gasteiger partial charge in [0.05, 0.1) is 5.69 Å². The first-order valence-corrected chi connectivity index (χ1v) is 5.21. The van der Waals surface area contributed by atoms with Crippen molar-refractivity contribution in [3.8, 4) is 0 Å². The zero-order valence-electron chi connectivity index (χ0n) is 8.02. The van der Waals surface area contributed by atoms with Gasteiger partial charge in [-0.05, 0) is 40.5 Å². The molecule has 0 aromatic heterocycles. The van der Waals surface area contributed by atoms with Gasteiger partial charge in [0.1, 0.15) is 5.82 Å². The van der Waals surface area contributed by atoms with Crippen LogP contribution in [0, 0.1) is 5.82 Å². The lowest BCUT2D eigenvalue weighted by Crippen LogP contribution is -2.05. The molecule has 0 aliphatic heterocycles. The Bertz CT molecular complexity index is 293. The number of benzene rings is 1. The molecule has 0 fully saturated rings. The van der Waals surface area contributed by atoms with E-state index in [4.69, 9.17) is 4.74 Å². The Labute approximate surface area is 91.6 Å². The summed E-state index contributed by atoms with van der Waals surface area (Å²) in [6.45, 7) is 1.48. The number of halogens is 2. The Balaban J connectivity index is 2.45. The van der Waals surface area contributed by atoms with E-state index in [1.807, 2.05) is 0 Å². The van der Waals surface area contributed by atoms with E-state index >= 15 is 0 Å². The standard InChI is InChI=1S/C10H13BrFNO/c1-14-6-2-5-13-10-7-8(12)3-4-9(10)11/h3-4,7,13H,2,5-6H2,1H3. The van der Waals surface area contributed by atoms with Gasteiger partial charge >= 0.3 is 0 Å². The molecule has 4 heteroatoms. The van der Waals surface area contributed by atoms with Crippen molar-refractivity contribution in [3.05, 3.63) is 28.5 Å². The molecular formula is C10H13BrFNO. The molecule has 2 nitrogen and oxygen atoms in total. The molecule has 0 aliphatic rings. The van der Waals surface area contributed by atoms with Crippen LogP contribution in [0.4, 0.5) is 10.1 Å². The van der Waals surface area contributed by atoms with E-state index in [1.165, 1.54) is 12.1 Å². The molecule has 1 aromatic carbocycles. The average Bonchev–Trinajstić information content (AvgIpc) is 2.18. The zero-order chi connectivity index (χ0) is 10.4. The monoisotopic (exact) mass is 261 g/mol. The van der Waals surface area contributed by atoms with E-state index in [0.29, 0.717) is 6.61 Å². The molecule has 0 radical (unpaired) electrons. The third-order valence-electron chi connectivity index (χ3n) is 1.77. The largest absolute Gasteiger partial charge is 0.385 e. The number of anilines is 1. The predicted molar refractivity (Wildman–Crippen MR) is 59.1 cm³/mol. The highest BCUT2D eigenvalue weighted by atomic mass is 79.9. The summed E-state index contributed by atoms with van der Waals surface area (Å²) in [7, 11) is 1.66. The Kier molecular flexibility index (Phi) is 4.90. The first-order chi connectivity index (χ1) is 6.74. The molecule has 0 spiro atoms. The maximum absolute atomic E-state index is 12.8. The van der Waals surface area contributed by atoms with Crippen LogP contribution in [-0.2, 0) is 4.74 Å². The third kappa shape index (κ3) is 3.64. The van der Waals surface area contributed by atoms with Crippen LogP contribution < -0.4 is 5.32 Å². The second-order valence-corrected chi connectivity index (χ2v) is 3.75. The van der Waals surface area contributed by atoms with Gasteiger partial charge in [0, 0.05) is 24.7 Å². The van der Waals surface area contributed by atoms with Crippen LogP contribution in [0.1, 0.15) is 6.42 Å². The highest BCUT2D eigenvalue weighted by molar-refractivity contribution is 9.10. The quantitative estimate of drug-likeness (QED) is 0.823. The first-order valence-electron chi connectivity index (χ1n) is 4.42. The number of rotatable bonds is 5. The highest BCUT2D eigenvalue weighted by Gasteiger charge is 2.00. The van der Waals surface area contributed by atoms with Crippen molar-refractivity contribution in [2.24, 2.45) is 0 Å². The number of methoxy groups -OCH3 is 1. The second kappa shape index (κ2) is 5.98. The molecule has 78 valence electrons. The van der Waals surface area contributed by atoms with Gasteiger partial charge in [-0.25, -0.2) is 4.39 Å². The molecule has 0 heterocycles. The minimum Gasteiger partial charge on any atom is -0.385 e. The van der Waals surface area contributed by atoms with Gasteiger partial charge in [-0.15, -0.1) is 0 Å². The van der Waals surface area contributed by atoms with Crippen LogP contribution in [0.3, 0.4) is 0 Å². The normalized spacial score (nSPS) is 10.2. The smallest absolute Gasteiger partial charge is 0.125 e. The number of nitrogens with one attached hydrogen (secondary N) is 1. The van der Waals surface area contributed by atoms with Gasteiger partial charge in [-0.1, -0.05) is 0 Å². The molecule has 0 unspecified atom stereocenters. The molecule has 0 saturated heterocycles. The van der Waals surface area contributed by atoms with Crippen molar-refractivity contribution in [1.82, 2.24) is 0 Å². The van der Waals surface area contributed by atoms with Crippen LogP contribution in [0.5, 0.6) is 0 Å². The fourth-order valence-electron chi connectivity index (χ4n) is 1.07. The molecule has 0 amide bonds. The fourth-order valence-corrected chi connectivity index (χ4v) is 1.46. The average molecular weight is 262 g/mol. The van der Waals surface area contributed by atoms with Gasteiger partial charge in [0.25, 0.3) is 0 Å². The van der Waals surface area contributed by atoms with Crippen LogP contribution in [0.2, 0.25) is 0 Å². The van der Waals surface area contributed by atoms with Crippen LogP contribution in [0.15, 0.2) is 22.7 Å². The van der Waals surface area contributed by atoms with Crippen molar-refractivity contribution in [2.75, 3.05) is 25.6 Å². The fraction of sp³-hybridized carbons (Fsp3) is 0.400. The SMILES string of the molecule is COCCCNc1cc(F)ccc1Br. The molecule has 1 N–H and O–H groups in total. The summed E-state index contributed by atoms with van der Waals surface area (Å²) in [5.41, 5.74) is 0.779. The maximum atomic E-state index is 12.8. The van der Waals surface area contributed by atoms with Gasteiger partial charge in [-0.2, -0.15) is 0 Å². The summed E-state index contributed by atoms with van der Waals surface area (Å²) in [5.74, 6) is -0.234. The number of hydrogen-bond acceptors (Lipinski definition) is 2. The van der Waals surface area contributed by atoms with Crippen molar-refractivity contribution in [1.29, 1.82) is 0 Å². The van der Waals surface area contributed by atoms with Crippen LogP contribution >= 0.6 is 15.9 Å². The number of hydrogen-bond donors (Lipinski definition) is 1. The molecule has 1 aromatic rings. The summed E-state index contributed by atoms with van der Waals surface area (Å²) in [5, 5.41) is 3.12. The summed E-state index contributed by atoms with van der Waals surface area (Å²) in [6, 6.07) is 4.58. The molecule has 0 saturated carbocycles. The molecule has 0 atom stereocenters. The molecule has 14 heavy (non-hydrogen) atoms. The zero-order valence-corrected chi connectivity index (χ0v) is 9.60. The van der Waals surface area contributed by atoms with Crippen molar-refractivity contribution in [2.45, 2.75) is 6.42 Å². The van der Waals surface area contributed by atoms with Crippen molar-refractivity contribution in [3.63, 3.8) is 0 Å². The van der Waals surface area contributed by atoms with E-state index in [9.17, 15) is 4.39 Å². The maximum Gasteiger partial charge on any atom is 0.125 e. The third-order valence-corrected chi connectivity index (χ3v) is 2.46. The number of ether oxygens (including phenoxy) is 1. The summed E-state index contributed by atoms with van der Waals surface area (Å²) >= 11 is 3.34. The van der Waals surface area contributed by atoms with Crippen LogP contribution in [0.25, 0.3) is 0 Å². The Morgan fingerprint density at radius 3 is 3.00 bits per heavy atom. The van der Waals surface area contributed by atoms with E-state index < -0.39 is 0 Å². The Hall–Kier alpha value is -0.610. The van der Waals surface area contributed by atoms with E-state index in [1.54, 1.807) is 13.2 Å². The van der Waals surface area contributed by atoms with E-state index in [0.717, 1.165) is 23.1 Å². The highest BCUT2D eigenvalue weighted by Crippen LogP contribution is 2.22. The van der Waals surface area contributed by atoms with Crippen molar-refractivity contribution >= 4 is 21.6 Å². The Morgan fingerprint density at radius 2 is 2.29 bits per heavy atom. The van der Waals surface area contributed by atoms with Gasteiger partial charge in [0.2, 0.25) is 0 Å². The lowest BCUT2D eigenvalue weighted by atomic mass is 10.3.